The number of carbonyl (C=O) groups is 1. The molecule has 0 radical (unpaired) electrons. The van der Waals surface area contributed by atoms with E-state index in [2.05, 4.69) is 30.2 Å². The van der Waals surface area contributed by atoms with Crippen molar-refractivity contribution >= 4 is 23.4 Å². The number of imidazole rings is 1. The molecular weight excluding hydrogens is 422 g/mol. The quantitative estimate of drug-likeness (QED) is 0.453. The summed E-state index contributed by atoms with van der Waals surface area (Å²) < 4.78 is 5.27. The molecule has 4 rings (SSSR count). The van der Waals surface area contributed by atoms with Crippen LogP contribution in [0.4, 0.5) is 5.69 Å². The zero-order valence-corrected chi connectivity index (χ0v) is 19.3. The zero-order chi connectivity index (χ0) is 22.8. The number of hydrogen-bond donors (Lipinski definition) is 1. The van der Waals surface area contributed by atoms with E-state index in [4.69, 9.17) is 0 Å². The van der Waals surface area contributed by atoms with Crippen LogP contribution in [-0.2, 0) is 11.8 Å². The topological polar surface area (TPSA) is 73.8 Å². The molecule has 2 aromatic heterocycles. The van der Waals surface area contributed by atoms with Gasteiger partial charge >= 0.3 is 0 Å². The van der Waals surface area contributed by atoms with Gasteiger partial charge in [0, 0.05) is 19.4 Å². The second-order valence-electron chi connectivity index (χ2n) is 7.57. The maximum atomic E-state index is 13.0. The van der Waals surface area contributed by atoms with E-state index < -0.39 is 0 Å². The van der Waals surface area contributed by atoms with Gasteiger partial charge in [0.1, 0.15) is 5.69 Å². The van der Waals surface area contributed by atoms with Crippen LogP contribution >= 0.6 is 11.8 Å². The van der Waals surface area contributed by atoms with Crippen LogP contribution in [0.5, 0.6) is 0 Å². The second kappa shape index (κ2) is 8.92. The minimum atomic E-state index is -0.258. The fourth-order valence-electron chi connectivity index (χ4n) is 3.59. The standard InChI is InChI=1S/C24H25N5O2S/c1-16-9-8-12-20(17(16)2)28-14-13-25-24(28)32-15-21(30)26-22-18(3)27(4)29(23(22)31)19-10-6-5-7-11-19/h5-14H,15H2,1-4H3,(H,26,30). The first kappa shape index (κ1) is 21.7. The first-order chi connectivity index (χ1) is 15.4. The van der Waals surface area contributed by atoms with Gasteiger partial charge in [0.05, 0.1) is 22.8 Å². The van der Waals surface area contributed by atoms with Crippen molar-refractivity contribution in [1.29, 1.82) is 0 Å². The summed E-state index contributed by atoms with van der Waals surface area (Å²) in [7, 11) is 1.80. The number of benzene rings is 2. The Kier molecular flexibility index (Phi) is 6.05. The minimum Gasteiger partial charge on any atom is -0.319 e. The summed E-state index contributed by atoms with van der Waals surface area (Å²) in [5.41, 5.74) is 4.86. The number of nitrogens with one attached hydrogen (secondary N) is 1. The normalized spacial score (nSPS) is 11.0. The zero-order valence-electron chi connectivity index (χ0n) is 18.5. The molecule has 164 valence electrons. The molecule has 0 unspecified atom stereocenters. The van der Waals surface area contributed by atoms with Gasteiger partial charge in [-0.3, -0.25) is 18.8 Å². The Morgan fingerprint density at radius 3 is 2.56 bits per heavy atom. The number of aromatic nitrogens is 4. The molecular formula is C24H25N5O2S. The molecule has 0 aliphatic heterocycles. The van der Waals surface area contributed by atoms with Crippen molar-refractivity contribution in [1.82, 2.24) is 18.9 Å². The van der Waals surface area contributed by atoms with Crippen molar-refractivity contribution in [2.75, 3.05) is 11.1 Å². The molecule has 4 aromatic rings. The van der Waals surface area contributed by atoms with Crippen LogP contribution < -0.4 is 10.9 Å². The molecule has 0 spiro atoms. The first-order valence-electron chi connectivity index (χ1n) is 10.2. The van der Waals surface area contributed by atoms with E-state index in [0.29, 0.717) is 11.4 Å². The lowest BCUT2D eigenvalue weighted by molar-refractivity contribution is -0.113. The molecule has 2 aromatic carbocycles. The third kappa shape index (κ3) is 4.01. The van der Waals surface area contributed by atoms with E-state index in [1.54, 1.807) is 22.6 Å². The highest BCUT2D eigenvalue weighted by atomic mass is 32.2. The molecule has 32 heavy (non-hydrogen) atoms. The Bertz CT molecular complexity index is 1330. The summed E-state index contributed by atoms with van der Waals surface area (Å²) >= 11 is 1.33. The lowest BCUT2D eigenvalue weighted by atomic mass is 10.1. The SMILES string of the molecule is Cc1cccc(-n2ccnc2SCC(=O)Nc2c(C)n(C)n(-c3ccccc3)c2=O)c1C. The molecule has 1 N–H and O–H groups in total. The molecule has 0 fully saturated rings. The summed E-state index contributed by atoms with van der Waals surface area (Å²) in [6.07, 6.45) is 3.61. The van der Waals surface area contributed by atoms with Gasteiger partial charge in [0.2, 0.25) is 5.91 Å². The number of anilines is 1. The summed E-state index contributed by atoms with van der Waals surface area (Å²) in [5.74, 6) is -0.113. The number of hydrogen-bond acceptors (Lipinski definition) is 4. The van der Waals surface area contributed by atoms with Gasteiger partial charge in [-0.1, -0.05) is 42.1 Å². The minimum absolute atomic E-state index is 0.140. The molecule has 8 heteroatoms. The summed E-state index contributed by atoms with van der Waals surface area (Å²) in [4.78, 5) is 30.1. The van der Waals surface area contributed by atoms with Crippen LogP contribution in [0.3, 0.4) is 0 Å². The van der Waals surface area contributed by atoms with E-state index >= 15 is 0 Å². The lowest BCUT2D eigenvalue weighted by Crippen LogP contribution is -2.23. The third-order valence-corrected chi connectivity index (χ3v) is 6.56. The number of amides is 1. The maximum absolute atomic E-state index is 13.0. The van der Waals surface area contributed by atoms with Crippen LogP contribution in [0.25, 0.3) is 11.4 Å². The Balaban J connectivity index is 1.52. The summed E-state index contributed by atoms with van der Waals surface area (Å²) in [6, 6.07) is 15.5. The maximum Gasteiger partial charge on any atom is 0.295 e. The van der Waals surface area contributed by atoms with Gasteiger partial charge in [-0.2, -0.15) is 0 Å². The van der Waals surface area contributed by atoms with Gasteiger partial charge in [-0.15, -0.1) is 0 Å². The Morgan fingerprint density at radius 1 is 1.06 bits per heavy atom. The number of carbonyl (C=O) groups excluding carboxylic acids is 1. The predicted molar refractivity (Wildman–Crippen MR) is 128 cm³/mol. The smallest absolute Gasteiger partial charge is 0.295 e. The number of aryl methyl sites for hydroxylation is 1. The molecule has 0 atom stereocenters. The highest BCUT2D eigenvalue weighted by molar-refractivity contribution is 7.99. The third-order valence-electron chi connectivity index (χ3n) is 5.59. The fourth-order valence-corrected chi connectivity index (χ4v) is 4.36. The number of rotatable bonds is 6. The van der Waals surface area contributed by atoms with E-state index in [-0.39, 0.29) is 17.2 Å². The average molecular weight is 448 g/mol. The van der Waals surface area contributed by atoms with Crippen molar-refractivity contribution in [3.8, 4) is 11.4 Å². The molecule has 0 saturated carbocycles. The molecule has 0 aliphatic rings. The predicted octanol–water partition coefficient (Wildman–Crippen LogP) is 4.02. The number of nitrogens with zero attached hydrogens (tertiary/aromatic N) is 4. The average Bonchev–Trinajstić information content (AvgIpc) is 3.33. The van der Waals surface area contributed by atoms with Crippen LogP contribution in [0, 0.1) is 20.8 Å². The van der Waals surface area contributed by atoms with Gasteiger partial charge in [0.25, 0.3) is 5.56 Å². The van der Waals surface area contributed by atoms with Crippen molar-refractivity contribution in [3.05, 3.63) is 88.1 Å². The van der Waals surface area contributed by atoms with E-state index in [1.807, 2.05) is 60.2 Å². The lowest BCUT2D eigenvalue weighted by Gasteiger charge is -2.12. The van der Waals surface area contributed by atoms with Crippen LogP contribution in [0.15, 0.2) is 70.9 Å². The molecule has 7 nitrogen and oxygen atoms in total. The highest BCUT2D eigenvalue weighted by Crippen LogP contribution is 2.24. The van der Waals surface area contributed by atoms with Crippen molar-refractivity contribution in [2.45, 2.75) is 25.9 Å². The number of para-hydroxylation sites is 1. The first-order valence-corrected chi connectivity index (χ1v) is 11.2. The Hall–Kier alpha value is -3.52. The molecule has 0 saturated heterocycles. The van der Waals surface area contributed by atoms with E-state index in [9.17, 15) is 9.59 Å². The van der Waals surface area contributed by atoms with Gasteiger partial charge < -0.3 is 5.32 Å². The van der Waals surface area contributed by atoms with E-state index in [0.717, 1.165) is 22.1 Å². The summed E-state index contributed by atoms with van der Waals surface area (Å²) in [6.45, 7) is 5.96. The Morgan fingerprint density at radius 2 is 1.81 bits per heavy atom. The molecule has 2 heterocycles. The molecule has 0 aliphatic carbocycles. The van der Waals surface area contributed by atoms with Crippen LogP contribution in [0.2, 0.25) is 0 Å². The van der Waals surface area contributed by atoms with Crippen molar-refractivity contribution in [3.63, 3.8) is 0 Å². The van der Waals surface area contributed by atoms with Crippen LogP contribution in [0.1, 0.15) is 16.8 Å². The van der Waals surface area contributed by atoms with Crippen LogP contribution in [-0.4, -0.2) is 30.6 Å². The highest BCUT2D eigenvalue weighted by Gasteiger charge is 2.19. The largest absolute Gasteiger partial charge is 0.319 e. The number of thioether (sulfide) groups is 1. The monoisotopic (exact) mass is 447 g/mol. The fraction of sp³-hybridized carbons (Fsp3) is 0.208. The Labute approximate surface area is 190 Å². The van der Waals surface area contributed by atoms with Gasteiger partial charge in [-0.05, 0) is 50.1 Å². The second-order valence-corrected chi connectivity index (χ2v) is 8.51. The van der Waals surface area contributed by atoms with Gasteiger partial charge in [0.15, 0.2) is 5.16 Å². The van der Waals surface area contributed by atoms with Crippen molar-refractivity contribution in [2.24, 2.45) is 7.05 Å². The van der Waals surface area contributed by atoms with E-state index in [1.165, 1.54) is 17.3 Å². The summed E-state index contributed by atoms with van der Waals surface area (Å²) in [5, 5.41) is 3.52. The molecule has 1 amide bonds. The van der Waals surface area contributed by atoms with Gasteiger partial charge in [-0.25, -0.2) is 9.67 Å². The molecule has 0 bridgehead atoms. The van der Waals surface area contributed by atoms with Crippen molar-refractivity contribution < 1.29 is 4.79 Å².